The van der Waals surface area contributed by atoms with Gasteiger partial charge in [-0.1, -0.05) is 12.8 Å². The molecule has 0 aromatic heterocycles. The Balaban J connectivity index is 0.00000288. The second-order valence-electron chi connectivity index (χ2n) is 5.61. The summed E-state index contributed by atoms with van der Waals surface area (Å²) in [4.78, 5) is -0.524. The Labute approximate surface area is 144 Å². The summed E-state index contributed by atoms with van der Waals surface area (Å²) in [5.74, 6) is 0. The molecule has 134 valence electrons. The fourth-order valence-electron chi connectivity index (χ4n) is 2.77. The molecule has 0 spiro atoms. The van der Waals surface area contributed by atoms with E-state index in [9.17, 15) is 21.6 Å². The van der Waals surface area contributed by atoms with Crippen LogP contribution in [0.5, 0.6) is 0 Å². The molecule has 0 amide bonds. The molecule has 1 saturated carbocycles. The summed E-state index contributed by atoms with van der Waals surface area (Å²) in [6.45, 7) is 0.0780. The first-order chi connectivity index (χ1) is 10.6. The Morgan fingerprint density at radius 3 is 2.33 bits per heavy atom. The van der Waals surface area contributed by atoms with Gasteiger partial charge in [-0.2, -0.15) is 18.4 Å². The molecule has 0 unspecified atom stereocenters. The van der Waals surface area contributed by atoms with Gasteiger partial charge in [-0.25, -0.2) is 13.1 Å². The van der Waals surface area contributed by atoms with Gasteiger partial charge < -0.3 is 5.73 Å². The largest absolute Gasteiger partial charge is 0.417 e. The molecular weight excluding hydrogens is 367 g/mol. The molecule has 0 saturated heterocycles. The number of halogens is 4. The molecular formula is C14H17ClF3N3O2S. The molecule has 0 heterocycles. The van der Waals surface area contributed by atoms with E-state index in [1.165, 1.54) is 6.07 Å². The first kappa shape index (κ1) is 20.7. The summed E-state index contributed by atoms with van der Waals surface area (Å²) in [5.41, 5.74) is 2.95. The van der Waals surface area contributed by atoms with Crippen molar-refractivity contribution in [2.24, 2.45) is 5.73 Å². The van der Waals surface area contributed by atoms with Gasteiger partial charge in [-0.15, -0.1) is 12.4 Å². The number of nitrogens with zero attached hydrogens (tertiary/aromatic N) is 1. The van der Waals surface area contributed by atoms with Crippen molar-refractivity contribution >= 4 is 22.4 Å². The standard InChI is InChI=1S/C14H16F3N3O2S.ClH/c15-14(16,17)12-7-11(4-3-10(12)8-18)23(21,22)20-13(9-19)5-1-2-6-13;/h3-4,7,20H,1-2,5-6,9,19H2;1H. The normalized spacial score (nSPS) is 17.1. The number of alkyl halides is 3. The summed E-state index contributed by atoms with van der Waals surface area (Å²) in [7, 11) is -4.16. The van der Waals surface area contributed by atoms with Crippen LogP contribution in [0.3, 0.4) is 0 Å². The molecule has 24 heavy (non-hydrogen) atoms. The van der Waals surface area contributed by atoms with E-state index in [1.807, 2.05) is 0 Å². The lowest BCUT2D eigenvalue weighted by atomic mass is 10.0. The summed E-state index contributed by atoms with van der Waals surface area (Å²) in [6, 6.07) is 3.76. The van der Waals surface area contributed by atoms with Gasteiger partial charge in [-0.05, 0) is 31.0 Å². The highest BCUT2D eigenvalue weighted by atomic mass is 35.5. The zero-order valence-electron chi connectivity index (χ0n) is 12.6. The van der Waals surface area contributed by atoms with Crippen molar-refractivity contribution in [2.45, 2.75) is 42.3 Å². The van der Waals surface area contributed by atoms with Crippen molar-refractivity contribution < 1.29 is 21.6 Å². The predicted octanol–water partition coefficient (Wildman–Crippen LogP) is 2.55. The van der Waals surface area contributed by atoms with Crippen LogP contribution < -0.4 is 10.5 Å². The van der Waals surface area contributed by atoms with Crippen molar-refractivity contribution in [3.63, 3.8) is 0 Å². The third-order valence-corrected chi connectivity index (χ3v) is 5.61. The van der Waals surface area contributed by atoms with Crippen LogP contribution in [-0.4, -0.2) is 20.5 Å². The van der Waals surface area contributed by atoms with Gasteiger partial charge in [0.1, 0.15) is 0 Å². The minimum absolute atomic E-state index is 0. The van der Waals surface area contributed by atoms with E-state index >= 15 is 0 Å². The van der Waals surface area contributed by atoms with Gasteiger partial charge >= 0.3 is 6.18 Å². The maximum atomic E-state index is 13.0. The van der Waals surface area contributed by atoms with Crippen LogP contribution in [0.2, 0.25) is 0 Å². The molecule has 1 aromatic carbocycles. The van der Waals surface area contributed by atoms with Crippen molar-refractivity contribution in [1.29, 1.82) is 5.26 Å². The Kier molecular flexibility index (Phi) is 6.27. The number of rotatable bonds is 4. The molecule has 1 aliphatic rings. The number of hydrogen-bond donors (Lipinski definition) is 2. The molecule has 0 atom stereocenters. The van der Waals surface area contributed by atoms with E-state index in [4.69, 9.17) is 11.0 Å². The van der Waals surface area contributed by atoms with E-state index < -0.39 is 37.8 Å². The quantitative estimate of drug-likeness (QED) is 0.835. The highest BCUT2D eigenvalue weighted by molar-refractivity contribution is 7.89. The topological polar surface area (TPSA) is 96.0 Å². The van der Waals surface area contributed by atoms with Crippen molar-refractivity contribution in [2.75, 3.05) is 6.54 Å². The second-order valence-corrected chi connectivity index (χ2v) is 7.30. The molecule has 0 radical (unpaired) electrons. The van der Waals surface area contributed by atoms with Crippen LogP contribution in [0.15, 0.2) is 23.1 Å². The number of sulfonamides is 1. The molecule has 10 heteroatoms. The van der Waals surface area contributed by atoms with Crippen LogP contribution in [0.1, 0.15) is 36.8 Å². The summed E-state index contributed by atoms with van der Waals surface area (Å²) >= 11 is 0. The van der Waals surface area contributed by atoms with Gasteiger partial charge in [0.15, 0.2) is 0 Å². The van der Waals surface area contributed by atoms with E-state index in [0.717, 1.165) is 25.0 Å². The molecule has 0 bridgehead atoms. The van der Waals surface area contributed by atoms with Crippen LogP contribution >= 0.6 is 12.4 Å². The van der Waals surface area contributed by atoms with Crippen molar-refractivity contribution in [3.05, 3.63) is 29.3 Å². The average molecular weight is 384 g/mol. The lowest BCUT2D eigenvalue weighted by molar-refractivity contribution is -0.137. The number of nitriles is 1. The van der Waals surface area contributed by atoms with Crippen LogP contribution in [0.4, 0.5) is 13.2 Å². The monoisotopic (exact) mass is 383 g/mol. The first-order valence-corrected chi connectivity index (χ1v) is 8.47. The Morgan fingerprint density at radius 2 is 1.88 bits per heavy atom. The fourth-order valence-corrected chi connectivity index (χ4v) is 4.26. The maximum absolute atomic E-state index is 13.0. The first-order valence-electron chi connectivity index (χ1n) is 6.99. The molecule has 2 rings (SSSR count). The van der Waals surface area contributed by atoms with Gasteiger partial charge in [0.05, 0.1) is 22.1 Å². The zero-order valence-corrected chi connectivity index (χ0v) is 14.2. The number of benzene rings is 1. The predicted molar refractivity (Wildman–Crippen MR) is 84.0 cm³/mol. The minimum Gasteiger partial charge on any atom is -0.329 e. The van der Waals surface area contributed by atoms with Crippen LogP contribution in [0, 0.1) is 11.3 Å². The van der Waals surface area contributed by atoms with E-state index in [2.05, 4.69) is 4.72 Å². The number of nitrogens with two attached hydrogens (primary N) is 1. The highest BCUT2D eigenvalue weighted by Crippen LogP contribution is 2.34. The SMILES string of the molecule is Cl.N#Cc1ccc(S(=O)(=O)NC2(CN)CCCC2)cc1C(F)(F)F. The van der Waals surface area contributed by atoms with E-state index in [-0.39, 0.29) is 19.0 Å². The van der Waals surface area contributed by atoms with Crippen molar-refractivity contribution in [3.8, 4) is 6.07 Å². The zero-order chi connectivity index (χ0) is 17.3. The van der Waals surface area contributed by atoms with E-state index in [1.54, 1.807) is 0 Å². The van der Waals surface area contributed by atoms with Gasteiger partial charge in [0.2, 0.25) is 10.0 Å². The van der Waals surface area contributed by atoms with Crippen LogP contribution in [-0.2, 0) is 16.2 Å². The Morgan fingerprint density at radius 1 is 1.29 bits per heavy atom. The maximum Gasteiger partial charge on any atom is 0.417 e. The number of hydrogen-bond acceptors (Lipinski definition) is 4. The minimum atomic E-state index is -4.81. The van der Waals surface area contributed by atoms with Crippen LogP contribution in [0.25, 0.3) is 0 Å². The lowest BCUT2D eigenvalue weighted by Gasteiger charge is -2.28. The fraction of sp³-hybridized carbons (Fsp3) is 0.500. The molecule has 1 aliphatic carbocycles. The number of nitrogens with one attached hydrogen (secondary N) is 1. The summed E-state index contributed by atoms with van der Waals surface area (Å²) in [6.07, 6.45) is -2.10. The third-order valence-electron chi connectivity index (χ3n) is 4.03. The van der Waals surface area contributed by atoms with E-state index in [0.29, 0.717) is 18.9 Å². The molecule has 1 fully saturated rings. The van der Waals surface area contributed by atoms with Gasteiger partial charge in [-0.3, -0.25) is 0 Å². The molecule has 5 nitrogen and oxygen atoms in total. The lowest BCUT2D eigenvalue weighted by Crippen LogP contribution is -2.51. The molecule has 3 N–H and O–H groups in total. The smallest absolute Gasteiger partial charge is 0.329 e. The Hall–Kier alpha value is -1.34. The van der Waals surface area contributed by atoms with Crippen molar-refractivity contribution in [1.82, 2.24) is 4.72 Å². The third kappa shape index (κ3) is 4.19. The summed E-state index contributed by atoms with van der Waals surface area (Å²) in [5, 5.41) is 8.75. The second kappa shape index (κ2) is 7.27. The Bertz CT molecular complexity index is 739. The van der Waals surface area contributed by atoms with Gasteiger partial charge in [0.25, 0.3) is 0 Å². The molecule has 1 aromatic rings. The average Bonchev–Trinajstić information content (AvgIpc) is 2.94. The summed E-state index contributed by atoms with van der Waals surface area (Å²) < 4.78 is 66.2. The molecule has 0 aliphatic heterocycles. The van der Waals surface area contributed by atoms with Gasteiger partial charge in [0, 0.05) is 12.1 Å². The highest BCUT2D eigenvalue weighted by Gasteiger charge is 2.39.